The lowest BCUT2D eigenvalue weighted by molar-refractivity contribution is 0.573. The predicted octanol–water partition coefficient (Wildman–Crippen LogP) is 4.01. The monoisotopic (exact) mass is 485 g/mol. The fourth-order valence-corrected chi connectivity index (χ4v) is 3.60. The van der Waals surface area contributed by atoms with Gasteiger partial charge in [-0.15, -0.1) is 35.3 Å². The maximum absolute atomic E-state index is 4.72. The SMILES string of the molecule is CCNC(=NCc1ccnc(N2CCCCC2)c1)NCc1cccs1.I. The van der Waals surface area contributed by atoms with Gasteiger partial charge in [-0.05, 0) is 55.3 Å². The highest BCUT2D eigenvalue weighted by Gasteiger charge is 2.12. The van der Waals surface area contributed by atoms with Crippen LogP contribution in [0.25, 0.3) is 0 Å². The number of piperidine rings is 1. The van der Waals surface area contributed by atoms with Gasteiger partial charge in [0.2, 0.25) is 0 Å². The van der Waals surface area contributed by atoms with Crippen LogP contribution in [-0.2, 0) is 13.1 Å². The summed E-state index contributed by atoms with van der Waals surface area (Å²) in [6.07, 6.45) is 5.77. The number of nitrogens with zero attached hydrogens (tertiary/aromatic N) is 3. The van der Waals surface area contributed by atoms with Gasteiger partial charge in [-0.1, -0.05) is 6.07 Å². The van der Waals surface area contributed by atoms with E-state index in [1.165, 1.54) is 29.7 Å². The van der Waals surface area contributed by atoms with Crippen molar-refractivity contribution in [1.29, 1.82) is 0 Å². The molecule has 0 aliphatic carbocycles. The van der Waals surface area contributed by atoms with E-state index in [1.54, 1.807) is 11.3 Å². The minimum absolute atomic E-state index is 0. The van der Waals surface area contributed by atoms with E-state index in [0.29, 0.717) is 6.54 Å². The molecule has 2 aromatic rings. The molecule has 2 aromatic heterocycles. The molecular formula is C19H28IN5S. The summed E-state index contributed by atoms with van der Waals surface area (Å²) in [6, 6.07) is 8.44. The summed E-state index contributed by atoms with van der Waals surface area (Å²) < 4.78 is 0. The van der Waals surface area contributed by atoms with E-state index in [9.17, 15) is 0 Å². The first-order valence-electron chi connectivity index (χ1n) is 9.09. The fourth-order valence-electron chi connectivity index (χ4n) is 2.95. The first-order valence-corrected chi connectivity index (χ1v) is 9.97. The van der Waals surface area contributed by atoms with E-state index in [-0.39, 0.29) is 24.0 Å². The Morgan fingerprint density at radius 1 is 1.23 bits per heavy atom. The summed E-state index contributed by atoms with van der Waals surface area (Å²) >= 11 is 1.76. The fraction of sp³-hybridized carbons (Fsp3) is 0.474. The molecule has 3 heterocycles. The Kier molecular flexibility index (Phi) is 9.17. The van der Waals surface area contributed by atoms with Crippen molar-refractivity contribution in [3.8, 4) is 0 Å². The quantitative estimate of drug-likeness (QED) is 0.369. The molecule has 0 unspecified atom stereocenters. The second-order valence-corrected chi connectivity index (χ2v) is 7.23. The average molecular weight is 485 g/mol. The second-order valence-electron chi connectivity index (χ2n) is 6.20. The van der Waals surface area contributed by atoms with Crippen LogP contribution in [-0.4, -0.2) is 30.6 Å². The zero-order chi connectivity index (χ0) is 17.3. The lowest BCUT2D eigenvalue weighted by Gasteiger charge is -2.27. The predicted molar refractivity (Wildman–Crippen MR) is 122 cm³/mol. The molecular weight excluding hydrogens is 457 g/mol. The number of aliphatic imine (C=N–C) groups is 1. The molecule has 1 aliphatic heterocycles. The zero-order valence-electron chi connectivity index (χ0n) is 15.3. The van der Waals surface area contributed by atoms with E-state index < -0.39 is 0 Å². The number of halogens is 1. The number of guanidine groups is 1. The van der Waals surface area contributed by atoms with Crippen molar-refractivity contribution in [3.63, 3.8) is 0 Å². The topological polar surface area (TPSA) is 52.6 Å². The van der Waals surface area contributed by atoms with E-state index in [4.69, 9.17) is 4.99 Å². The maximum Gasteiger partial charge on any atom is 0.191 e. The van der Waals surface area contributed by atoms with E-state index >= 15 is 0 Å². The van der Waals surface area contributed by atoms with Crippen LogP contribution in [0.1, 0.15) is 36.6 Å². The van der Waals surface area contributed by atoms with Crippen molar-refractivity contribution >= 4 is 47.1 Å². The highest BCUT2D eigenvalue weighted by atomic mass is 127. The number of aromatic nitrogens is 1. The standard InChI is InChI=1S/C19H27N5S.HI/c1-2-20-19(23-15-17-7-6-12-25-17)22-14-16-8-9-21-18(13-16)24-10-4-3-5-11-24;/h6-9,12-13H,2-5,10-11,14-15H2,1H3,(H2,20,22,23);1H. The molecule has 0 bridgehead atoms. The Morgan fingerprint density at radius 2 is 2.08 bits per heavy atom. The molecule has 0 atom stereocenters. The van der Waals surface area contributed by atoms with Crippen LogP contribution in [0.3, 0.4) is 0 Å². The van der Waals surface area contributed by atoms with Gasteiger partial charge in [0.05, 0.1) is 13.1 Å². The third kappa shape index (κ3) is 6.42. The Labute approximate surface area is 177 Å². The van der Waals surface area contributed by atoms with Crippen molar-refractivity contribution < 1.29 is 0 Å². The molecule has 0 saturated carbocycles. The van der Waals surface area contributed by atoms with E-state index in [2.05, 4.69) is 57.1 Å². The van der Waals surface area contributed by atoms with Crippen LogP contribution in [0.4, 0.5) is 5.82 Å². The molecule has 1 aliphatic rings. The molecule has 0 aromatic carbocycles. The first-order chi connectivity index (χ1) is 12.3. The van der Waals surface area contributed by atoms with Crippen molar-refractivity contribution in [1.82, 2.24) is 15.6 Å². The molecule has 1 fully saturated rings. The number of anilines is 1. The Balaban J connectivity index is 0.00000243. The molecule has 26 heavy (non-hydrogen) atoms. The van der Waals surface area contributed by atoms with Crippen LogP contribution in [0.5, 0.6) is 0 Å². The Bertz CT molecular complexity index is 668. The highest BCUT2D eigenvalue weighted by Crippen LogP contribution is 2.18. The molecule has 7 heteroatoms. The lowest BCUT2D eigenvalue weighted by atomic mass is 10.1. The average Bonchev–Trinajstić information content (AvgIpc) is 3.18. The molecule has 142 valence electrons. The molecule has 1 saturated heterocycles. The summed E-state index contributed by atoms with van der Waals surface area (Å²) in [7, 11) is 0. The zero-order valence-corrected chi connectivity index (χ0v) is 18.4. The van der Waals surface area contributed by atoms with Crippen LogP contribution in [0.15, 0.2) is 40.8 Å². The Hall–Kier alpha value is -1.35. The molecule has 0 spiro atoms. The lowest BCUT2D eigenvalue weighted by Crippen LogP contribution is -2.36. The minimum Gasteiger partial charge on any atom is -0.357 e. The van der Waals surface area contributed by atoms with Gasteiger partial charge in [0, 0.05) is 30.7 Å². The Morgan fingerprint density at radius 3 is 2.81 bits per heavy atom. The number of hydrogen-bond donors (Lipinski definition) is 2. The van der Waals surface area contributed by atoms with Crippen molar-refractivity contribution in [3.05, 3.63) is 46.3 Å². The van der Waals surface area contributed by atoms with Crippen molar-refractivity contribution in [2.75, 3.05) is 24.5 Å². The van der Waals surface area contributed by atoms with Crippen molar-refractivity contribution in [2.24, 2.45) is 4.99 Å². The van der Waals surface area contributed by atoms with Gasteiger partial charge >= 0.3 is 0 Å². The summed E-state index contributed by atoms with van der Waals surface area (Å²) in [5.74, 6) is 1.94. The van der Waals surface area contributed by atoms with Gasteiger partial charge in [-0.25, -0.2) is 9.98 Å². The minimum atomic E-state index is 0. The molecule has 3 rings (SSSR count). The second kappa shape index (κ2) is 11.4. The normalized spacial score (nSPS) is 14.7. The van der Waals surface area contributed by atoms with E-state index in [0.717, 1.165) is 38.0 Å². The van der Waals surface area contributed by atoms with Crippen LogP contribution in [0, 0.1) is 0 Å². The van der Waals surface area contributed by atoms with Crippen LogP contribution in [0.2, 0.25) is 0 Å². The van der Waals surface area contributed by atoms with Crippen LogP contribution < -0.4 is 15.5 Å². The summed E-state index contributed by atoms with van der Waals surface area (Å²) in [4.78, 5) is 13.0. The molecule has 5 nitrogen and oxygen atoms in total. The van der Waals surface area contributed by atoms with Crippen molar-refractivity contribution in [2.45, 2.75) is 39.3 Å². The molecule has 0 radical (unpaired) electrons. The van der Waals surface area contributed by atoms with Gasteiger partial charge in [0.25, 0.3) is 0 Å². The van der Waals surface area contributed by atoms with Gasteiger partial charge in [-0.3, -0.25) is 0 Å². The summed E-state index contributed by atoms with van der Waals surface area (Å²) in [5, 5.41) is 8.80. The molecule has 0 amide bonds. The highest BCUT2D eigenvalue weighted by molar-refractivity contribution is 14.0. The van der Waals surface area contributed by atoms with Gasteiger partial charge in [-0.2, -0.15) is 0 Å². The summed E-state index contributed by atoms with van der Waals surface area (Å²) in [6.45, 7) is 6.63. The number of pyridine rings is 1. The van der Waals surface area contributed by atoms with Gasteiger partial charge in [0.1, 0.15) is 5.82 Å². The van der Waals surface area contributed by atoms with Crippen LogP contribution >= 0.6 is 35.3 Å². The largest absolute Gasteiger partial charge is 0.357 e. The van der Waals surface area contributed by atoms with E-state index in [1.807, 2.05) is 6.20 Å². The van der Waals surface area contributed by atoms with Gasteiger partial charge in [0.15, 0.2) is 5.96 Å². The maximum atomic E-state index is 4.72. The number of rotatable bonds is 6. The first kappa shape index (κ1) is 21.0. The third-order valence-electron chi connectivity index (χ3n) is 4.26. The number of nitrogens with one attached hydrogen (secondary N) is 2. The number of hydrogen-bond acceptors (Lipinski definition) is 4. The number of thiophene rings is 1. The third-order valence-corrected chi connectivity index (χ3v) is 5.14. The van der Waals surface area contributed by atoms with Gasteiger partial charge < -0.3 is 15.5 Å². The smallest absolute Gasteiger partial charge is 0.191 e. The molecule has 2 N–H and O–H groups in total. The summed E-state index contributed by atoms with van der Waals surface area (Å²) in [5.41, 5.74) is 1.20.